The Morgan fingerprint density at radius 1 is 1.32 bits per heavy atom. The van der Waals surface area contributed by atoms with Crippen LogP contribution in [-0.4, -0.2) is 36.1 Å². The largest absolute Gasteiger partial charge is 0.480 e. The highest BCUT2D eigenvalue weighted by Crippen LogP contribution is 2.12. The highest BCUT2D eigenvalue weighted by Gasteiger charge is 2.14. The summed E-state index contributed by atoms with van der Waals surface area (Å²) in [6.07, 6.45) is 0.278. The van der Waals surface area contributed by atoms with Crippen LogP contribution in [0.15, 0.2) is 30.3 Å². The summed E-state index contributed by atoms with van der Waals surface area (Å²) in [6, 6.07) is 8.97. The van der Waals surface area contributed by atoms with E-state index in [0.29, 0.717) is 6.54 Å². The topological polar surface area (TPSA) is 69.6 Å². The summed E-state index contributed by atoms with van der Waals surface area (Å²) >= 11 is 0. The summed E-state index contributed by atoms with van der Waals surface area (Å²) in [5, 5.41) is 11.2. The number of nitrogens with one attached hydrogen (secondary N) is 1. The third-order valence-electron chi connectivity index (χ3n) is 2.86. The summed E-state index contributed by atoms with van der Waals surface area (Å²) < 4.78 is 0. The van der Waals surface area contributed by atoms with Crippen LogP contribution in [0.1, 0.15) is 20.3 Å². The van der Waals surface area contributed by atoms with Crippen molar-refractivity contribution in [3.05, 3.63) is 30.3 Å². The minimum atomic E-state index is -1.02. The Labute approximate surface area is 113 Å². The molecule has 0 aliphatic heterocycles. The monoisotopic (exact) mass is 264 g/mol. The molecule has 0 aromatic heterocycles. The number of para-hydroxylation sites is 1. The molecule has 0 aliphatic rings. The van der Waals surface area contributed by atoms with Crippen molar-refractivity contribution in [2.45, 2.75) is 26.3 Å². The highest BCUT2D eigenvalue weighted by atomic mass is 16.4. The first kappa shape index (κ1) is 15.0. The number of hydrogen-bond donors (Lipinski definition) is 2. The Balaban J connectivity index is 2.46. The zero-order chi connectivity index (χ0) is 14.3. The molecule has 0 spiro atoms. The lowest BCUT2D eigenvalue weighted by molar-refractivity contribution is -0.141. The molecule has 0 saturated heterocycles. The van der Waals surface area contributed by atoms with E-state index in [-0.39, 0.29) is 12.3 Å². The average molecular weight is 264 g/mol. The standard InChI is InChI=1S/C14H20N2O3/c1-3-16(12-7-5-4-6-8-12)10-9-13(17)15-11(2)14(18)19/h4-8,11H,3,9-10H2,1-2H3,(H,15,17)(H,18,19). The van der Waals surface area contributed by atoms with Crippen molar-refractivity contribution in [1.29, 1.82) is 0 Å². The van der Waals surface area contributed by atoms with Gasteiger partial charge in [0, 0.05) is 25.2 Å². The van der Waals surface area contributed by atoms with Crippen molar-refractivity contribution in [3.63, 3.8) is 0 Å². The van der Waals surface area contributed by atoms with Crippen molar-refractivity contribution in [3.8, 4) is 0 Å². The Bertz CT molecular complexity index is 420. The highest BCUT2D eigenvalue weighted by molar-refractivity contribution is 5.83. The molecular formula is C14H20N2O3. The third-order valence-corrected chi connectivity index (χ3v) is 2.86. The molecule has 1 amide bonds. The van der Waals surface area contributed by atoms with Crippen LogP contribution in [0.2, 0.25) is 0 Å². The van der Waals surface area contributed by atoms with E-state index < -0.39 is 12.0 Å². The lowest BCUT2D eigenvalue weighted by atomic mass is 10.2. The fraction of sp³-hybridized carbons (Fsp3) is 0.429. The normalized spacial score (nSPS) is 11.7. The van der Waals surface area contributed by atoms with Crippen LogP contribution >= 0.6 is 0 Å². The average Bonchev–Trinajstić information content (AvgIpc) is 2.40. The quantitative estimate of drug-likeness (QED) is 0.783. The summed E-state index contributed by atoms with van der Waals surface area (Å²) in [5.74, 6) is -1.27. The summed E-state index contributed by atoms with van der Waals surface area (Å²) in [4.78, 5) is 24.3. The van der Waals surface area contributed by atoms with E-state index in [4.69, 9.17) is 5.11 Å². The minimum Gasteiger partial charge on any atom is -0.480 e. The van der Waals surface area contributed by atoms with Crippen molar-refractivity contribution in [1.82, 2.24) is 5.32 Å². The van der Waals surface area contributed by atoms with Gasteiger partial charge in [-0.2, -0.15) is 0 Å². The molecule has 1 rings (SSSR count). The van der Waals surface area contributed by atoms with Crippen molar-refractivity contribution in [2.75, 3.05) is 18.0 Å². The van der Waals surface area contributed by atoms with Crippen molar-refractivity contribution >= 4 is 17.6 Å². The van der Waals surface area contributed by atoms with E-state index in [2.05, 4.69) is 10.2 Å². The van der Waals surface area contributed by atoms with Gasteiger partial charge < -0.3 is 15.3 Å². The van der Waals surface area contributed by atoms with Crippen LogP contribution in [-0.2, 0) is 9.59 Å². The maximum absolute atomic E-state index is 11.6. The number of benzene rings is 1. The maximum atomic E-state index is 11.6. The number of carbonyl (C=O) groups is 2. The van der Waals surface area contributed by atoms with Gasteiger partial charge in [-0.15, -0.1) is 0 Å². The number of rotatable bonds is 7. The molecule has 5 heteroatoms. The molecule has 104 valence electrons. The first-order valence-corrected chi connectivity index (χ1v) is 6.36. The molecule has 1 aromatic rings. The van der Waals surface area contributed by atoms with Crippen LogP contribution in [0.25, 0.3) is 0 Å². The van der Waals surface area contributed by atoms with Gasteiger partial charge in [0.15, 0.2) is 0 Å². The lowest BCUT2D eigenvalue weighted by Gasteiger charge is -2.23. The molecule has 1 aromatic carbocycles. The van der Waals surface area contributed by atoms with Gasteiger partial charge in [0.05, 0.1) is 0 Å². The molecular weight excluding hydrogens is 244 g/mol. The Morgan fingerprint density at radius 2 is 1.95 bits per heavy atom. The van der Waals surface area contributed by atoms with Gasteiger partial charge in [0.2, 0.25) is 5.91 Å². The first-order chi connectivity index (χ1) is 9.04. The van der Waals surface area contributed by atoms with E-state index in [1.807, 2.05) is 37.3 Å². The first-order valence-electron chi connectivity index (χ1n) is 6.36. The van der Waals surface area contributed by atoms with E-state index in [0.717, 1.165) is 12.2 Å². The number of carbonyl (C=O) groups excluding carboxylic acids is 1. The van der Waals surface area contributed by atoms with E-state index in [1.54, 1.807) is 0 Å². The number of aliphatic carboxylic acids is 1. The number of amides is 1. The fourth-order valence-electron chi connectivity index (χ4n) is 1.72. The van der Waals surface area contributed by atoms with Crippen LogP contribution < -0.4 is 10.2 Å². The van der Waals surface area contributed by atoms with Gasteiger partial charge >= 0.3 is 5.97 Å². The van der Waals surface area contributed by atoms with Crippen molar-refractivity contribution in [2.24, 2.45) is 0 Å². The molecule has 0 radical (unpaired) electrons. The summed E-state index contributed by atoms with van der Waals surface area (Å²) in [6.45, 7) is 4.84. The van der Waals surface area contributed by atoms with Crippen molar-refractivity contribution < 1.29 is 14.7 Å². The number of anilines is 1. The van der Waals surface area contributed by atoms with Crippen LogP contribution in [0.3, 0.4) is 0 Å². The molecule has 1 atom stereocenters. The van der Waals surface area contributed by atoms with E-state index in [9.17, 15) is 9.59 Å². The molecule has 0 bridgehead atoms. The Hall–Kier alpha value is -2.04. The van der Waals surface area contributed by atoms with Gasteiger partial charge in [-0.05, 0) is 26.0 Å². The second-order valence-electron chi connectivity index (χ2n) is 4.29. The van der Waals surface area contributed by atoms with Gasteiger partial charge in [0.1, 0.15) is 6.04 Å². The Morgan fingerprint density at radius 3 is 2.47 bits per heavy atom. The second kappa shape index (κ2) is 7.41. The predicted molar refractivity (Wildman–Crippen MR) is 74.2 cm³/mol. The van der Waals surface area contributed by atoms with Gasteiger partial charge in [-0.25, -0.2) is 0 Å². The maximum Gasteiger partial charge on any atom is 0.325 e. The zero-order valence-corrected chi connectivity index (χ0v) is 11.3. The SMILES string of the molecule is CCN(CCC(=O)NC(C)C(=O)O)c1ccccc1. The number of carboxylic acids is 1. The van der Waals surface area contributed by atoms with E-state index >= 15 is 0 Å². The molecule has 5 nitrogen and oxygen atoms in total. The molecule has 2 N–H and O–H groups in total. The molecule has 0 saturated carbocycles. The number of nitrogens with zero attached hydrogens (tertiary/aromatic N) is 1. The van der Waals surface area contributed by atoms with Crippen LogP contribution in [0.4, 0.5) is 5.69 Å². The van der Waals surface area contributed by atoms with Gasteiger partial charge in [0.25, 0.3) is 0 Å². The smallest absolute Gasteiger partial charge is 0.325 e. The molecule has 0 aliphatic carbocycles. The zero-order valence-electron chi connectivity index (χ0n) is 11.3. The number of hydrogen-bond acceptors (Lipinski definition) is 3. The molecule has 19 heavy (non-hydrogen) atoms. The minimum absolute atomic E-state index is 0.246. The second-order valence-corrected chi connectivity index (χ2v) is 4.29. The summed E-state index contributed by atoms with van der Waals surface area (Å²) in [5.41, 5.74) is 1.06. The van der Waals surface area contributed by atoms with E-state index in [1.165, 1.54) is 6.92 Å². The van der Waals surface area contributed by atoms with Gasteiger partial charge in [-0.1, -0.05) is 18.2 Å². The predicted octanol–water partition coefficient (Wildman–Crippen LogP) is 1.49. The Kier molecular flexibility index (Phi) is 5.85. The fourth-order valence-corrected chi connectivity index (χ4v) is 1.72. The van der Waals surface area contributed by atoms with Crippen LogP contribution in [0, 0.1) is 0 Å². The van der Waals surface area contributed by atoms with Gasteiger partial charge in [-0.3, -0.25) is 9.59 Å². The number of carboxylic acid groups (broad SMARTS) is 1. The third kappa shape index (κ3) is 4.99. The summed E-state index contributed by atoms with van der Waals surface area (Å²) in [7, 11) is 0. The molecule has 1 unspecified atom stereocenters. The lowest BCUT2D eigenvalue weighted by Crippen LogP contribution is -2.40. The molecule has 0 fully saturated rings. The molecule has 0 heterocycles. The van der Waals surface area contributed by atoms with Crippen LogP contribution in [0.5, 0.6) is 0 Å².